The lowest BCUT2D eigenvalue weighted by atomic mass is 10.0. The van der Waals surface area contributed by atoms with Crippen molar-refractivity contribution in [3.8, 4) is 0 Å². The zero-order valence-electron chi connectivity index (χ0n) is 9.98. The van der Waals surface area contributed by atoms with Gasteiger partial charge in [-0.05, 0) is 38.9 Å². The monoisotopic (exact) mass is 270 g/mol. The molecule has 2 aliphatic rings. The normalized spacial score (nSPS) is 26.2. The minimum Gasteiger partial charge on any atom is -0.380 e. The summed E-state index contributed by atoms with van der Waals surface area (Å²) in [6.07, 6.45) is 3.85. The maximum Gasteiger partial charge on any atom is 0.0622 e. The Morgan fingerprint density at radius 3 is 2.31 bits per heavy atom. The second kappa shape index (κ2) is 8.54. The highest BCUT2D eigenvalue weighted by Crippen LogP contribution is 2.19. The molecule has 16 heavy (non-hydrogen) atoms. The fourth-order valence-corrected chi connectivity index (χ4v) is 2.74. The van der Waals surface area contributed by atoms with Crippen LogP contribution in [0.15, 0.2) is 0 Å². The molecule has 0 saturated carbocycles. The predicted octanol–water partition coefficient (Wildman–Crippen LogP) is 1.69. The van der Waals surface area contributed by atoms with E-state index in [0.717, 1.165) is 19.3 Å². The maximum atomic E-state index is 5.47. The standard InChI is InChI=1S/C11H22N2O.2ClH/c1-2-13(11-5-8-14-9-11)10-3-6-12-7-4-10;;/h10-12H,2-9H2,1H3;2*1H. The van der Waals surface area contributed by atoms with Gasteiger partial charge in [0.05, 0.1) is 6.61 Å². The van der Waals surface area contributed by atoms with Gasteiger partial charge in [0.1, 0.15) is 0 Å². The van der Waals surface area contributed by atoms with Gasteiger partial charge in [-0.2, -0.15) is 0 Å². The molecule has 1 N–H and O–H groups in total. The Morgan fingerprint density at radius 2 is 1.81 bits per heavy atom. The van der Waals surface area contributed by atoms with E-state index in [4.69, 9.17) is 4.74 Å². The Bertz CT molecular complexity index is 171. The third-order valence-corrected chi connectivity index (χ3v) is 3.52. The molecule has 0 aliphatic carbocycles. The summed E-state index contributed by atoms with van der Waals surface area (Å²) in [7, 11) is 0. The van der Waals surface area contributed by atoms with Gasteiger partial charge in [0.2, 0.25) is 0 Å². The first-order valence-corrected chi connectivity index (χ1v) is 5.96. The maximum absolute atomic E-state index is 5.47. The first kappa shape index (κ1) is 16.5. The topological polar surface area (TPSA) is 24.5 Å². The molecule has 1 atom stereocenters. The van der Waals surface area contributed by atoms with Crippen LogP contribution in [0.2, 0.25) is 0 Å². The number of ether oxygens (including phenoxy) is 1. The van der Waals surface area contributed by atoms with Gasteiger partial charge in [0.15, 0.2) is 0 Å². The number of likely N-dealkylation sites (N-methyl/N-ethyl adjacent to an activating group) is 1. The molecule has 2 rings (SSSR count). The number of hydrogen-bond donors (Lipinski definition) is 1. The van der Waals surface area contributed by atoms with Crippen molar-refractivity contribution in [2.45, 2.75) is 38.3 Å². The Balaban J connectivity index is 0.00000112. The summed E-state index contributed by atoms with van der Waals surface area (Å²) in [6.45, 7) is 7.76. The molecule has 0 spiro atoms. The number of nitrogens with zero attached hydrogens (tertiary/aromatic N) is 1. The van der Waals surface area contributed by atoms with E-state index in [1.54, 1.807) is 0 Å². The van der Waals surface area contributed by atoms with Gasteiger partial charge >= 0.3 is 0 Å². The van der Waals surface area contributed by atoms with E-state index in [0.29, 0.717) is 6.04 Å². The van der Waals surface area contributed by atoms with E-state index < -0.39 is 0 Å². The van der Waals surface area contributed by atoms with Crippen LogP contribution in [0.3, 0.4) is 0 Å². The van der Waals surface area contributed by atoms with Crippen LogP contribution in [0.5, 0.6) is 0 Å². The van der Waals surface area contributed by atoms with Crippen molar-refractivity contribution in [3.05, 3.63) is 0 Å². The van der Waals surface area contributed by atoms with Crippen LogP contribution in [-0.2, 0) is 4.74 Å². The first-order chi connectivity index (χ1) is 6.92. The fraction of sp³-hybridized carbons (Fsp3) is 1.00. The lowest BCUT2D eigenvalue weighted by Gasteiger charge is -2.37. The van der Waals surface area contributed by atoms with Gasteiger partial charge in [-0.1, -0.05) is 6.92 Å². The molecule has 0 aromatic carbocycles. The molecule has 98 valence electrons. The molecular weight excluding hydrogens is 247 g/mol. The van der Waals surface area contributed by atoms with Gasteiger partial charge in [0, 0.05) is 18.7 Å². The molecule has 3 nitrogen and oxygen atoms in total. The third-order valence-electron chi connectivity index (χ3n) is 3.52. The van der Waals surface area contributed by atoms with Crippen molar-refractivity contribution >= 4 is 24.8 Å². The number of nitrogens with one attached hydrogen (secondary N) is 1. The van der Waals surface area contributed by atoms with E-state index in [1.807, 2.05) is 0 Å². The van der Waals surface area contributed by atoms with Crippen molar-refractivity contribution in [2.24, 2.45) is 0 Å². The average molecular weight is 271 g/mol. The molecule has 2 saturated heterocycles. The van der Waals surface area contributed by atoms with Crippen LogP contribution in [0, 0.1) is 0 Å². The van der Waals surface area contributed by atoms with E-state index in [9.17, 15) is 0 Å². The second-order valence-electron chi connectivity index (χ2n) is 4.33. The van der Waals surface area contributed by atoms with Gasteiger partial charge in [-0.3, -0.25) is 4.90 Å². The summed E-state index contributed by atoms with van der Waals surface area (Å²) in [4.78, 5) is 2.66. The van der Waals surface area contributed by atoms with Crippen molar-refractivity contribution in [2.75, 3.05) is 32.8 Å². The Labute approximate surface area is 111 Å². The van der Waals surface area contributed by atoms with Crippen LogP contribution in [0.25, 0.3) is 0 Å². The van der Waals surface area contributed by atoms with Crippen molar-refractivity contribution in [3.63, 3.8) is 0 Å². The molecule has 0 aromatic heterocycles. The summed E-state index contributed by atoms with van der Waals surface area (Å²) in [5.74, 6) is 0. The van der Waals surface area contributed by atoms with Crippen molar-refractivity contribution in [1.82, 2.24) is 10.2 Å². The minimum absolute atomic E-state index is 0. The Kier molecular flexibility index (Phi) is 8.78. The number of piperidine rings is 1. The Morgan fingerprint density at radius 1 is 1.12 bits per heavy atom. The zero-order chi connectivity index (χ0) is 9.80. The third kappa shape index (κ3) is 4.04. The molecule has 0 bridgehead atoms. The van der Waals surface area contributed by atoms with Crippen LogP contribution in [0.1, 0.15) is 26.2 Å². The molecular formula is C11H24Cl2N2O. The summed E-state index contributed by atoms with van der Waals surface area (Å²) >= 11 is 0. The van der Waals surface area contributed by atoms with Crippen molar-refractivity contribution < 1.29 is 4.74 Å². The number of halogens is 2. The summed E-state index contributed by atoms with van der Waals surface area (Å²) in [6, 6.07) is 1.50. The average Bonchev–Trinajstić information content (AvgIpc) is 2.74. The van der Waals surface area contributed by atoms with Crippen LogP contribution in [0.4, 0.5) is 0 Å². The van der Waals surface area contributed by atoms with Crippen LogP contribution < -0.4 is 5.32 Å². The lowest BCUT2D eigenvalue weighted by Crippen LogP contribution is -2.48. The van der Waals surface area contributed by atoms with Crippen LogP contribution in [-0.4, -0.2) is 49.8 Å². The van der Waals surface area contributed by atoms with Gasteiger partial charge in [0.25, 0.3) is 0 Å². The van der Waals surface area contributed by atoms with Gasteiger partial charge in [-0.15, -0.1) is 24.8 Å². The predicted molar refractivity (Wildman–Crippen MR) is 72.0 cm³/mol. The second-order valence-corrected chi connectivity index (χ2v) is 4.33. The van der Waals surface area contributed by atoms with Crippen molar-refractivity contribution in [1.29, 1.82) is 0 Å². The molecule has 2 heterocycles. The zero-order valence-corrected chi connectivity index (χ0v) is 11.6. The molecule has 5 heteroatoms. The van der Waals surface area contributed by atoms with Crippen LogP contribution >= 0.6 is 24.8 Å². The van der Waals surface area contributed by atoms with Gasteiger partial charge < -0.3 is 10.1 Å². The summed E-state index contributed by atoms with van der Waals surface area (Å²) in [5.41, 5.74) is 0. The molecule has 0 amide bonds. The molecule has 0 aromatic rings. The highest BCUT2D eigenvalue weighted by molar-refractivity contribution is 5.85. The molecule has 0 radical (unpaired) electrons. The number of hydrogen-bond acceptors (Lipinski definition) is 3. The number of rotatable bonds is 3. The SMILES string of the molecule is CCN(C1CCNCC1)C1CCOC1.Cl.Cl. The van der Waals surface area contributed by atoms with E-state index in [2.05, 4.69) is 17.1 Å². The van der Waals surface area contributed by atoms with E-state index in [1.165, 1.54) is 38.9 Å². The Hall–Kier alpha value is 0.460. The highest BCUT2D eigenvalue weighted by Gasteiger charge is 2.28. The quantitative estimate of drug-likeness (QED) is 0.845. The molecule has 2 aliphatic heterocycles. The fourth-order valence-electron chi connectivity index (χ4n) is 2.74. The smallest absolute Gasteiger partial charge is 0.0622 e. The molecule has 2 fully saturated rings. The first-order valence-electron chi connectivity index (χ1n) is 5.96. The summed E-state index contributed by atoms with van der Waals surface area (Å²) < 4.78 is 5.47. The van der Waals surface area contributed by atoms with E-state index in [-0.39, 0.29) is 24.8 Å². The largest absolute Gasteiger partial charge is 0.380 e. The highest BCUT2D eigenvalue weighted by atomic mass is 35.5. The lowest BCUT2D eigenvalue weighted by molar-refractivity contribution is 0.0967. The molecule has 1 unspecified atom stereocenters. The minimum atomic E-state index is 0. The summed E-state index contributed by atoms with van der Waals surface area (Å²) in [5, 5.41) is 3.43. The van der Waals surface area contributed by atoms with Gasteiger partial charge in [-0.25, -0.2) is 0 Å². The van der Waals surface area contributed by atoms with E-state index >= 15 is 0 Å².